The van der Waals surface area contributed by atoms with Crippen LogP contribution in [0.4, 0.5) is 4.39 Å². The molecule has 2 N–H and O–H groups in total. The van der Waals surface area contributed by atoms with Crippen LogP contribution >= 0.6 is 12.4 Å². The van der Waals surface area contributed by atoms with Gasteiger partial charge in [-0.05, 0) is 17.7 Å². The van der Waals surface area contributed by atoms with Gasteiger partial charge in [-0.15, -0.1) is 12.4 Å². The van der Waals surface area contributed by atoms with E-state index in [1.54, 1.807) is 17.0 Å². The number of amides is 1. The average Bonchev–Trinajstić information content (AvgIpc) is 2.38. The van der Waals surface area contributed by atoms with Crippen molar-refractivity contribution in [2.75, 3.05) is 26.2 Å². The van der Waals surface area contributed by atoms with E-state index in [-0.39, 0.29) is 36.8 Å². The maximum atomic E-state index is 13.1. The Bertz CT molecular complexity index is 417. The standard InChI is InChI=1S/C12H15FN2O2.ClH/c13-10-3-1-2-9(6-10)11-8-15(4-5-17-11)12(16)7-14;/h1-3,6,11H,4-5,7-8,14H2;1H. The summed E-state index contributed by atoms with van der Waals surface area (Å²) in [7, 11) is 0. The Labute approximate surface area is 111 Å². The molecule has 1 atom stereocenters. The predicted molar refractivity (Wildman–Crippen MR) is 68.0 cm³/mol. The number of carbonyl (C=O) groups is 1. The fraction of sp³-hybridized carbons (Fsp3) is 0.417. The highest BCUT2D eigenvalue weighted by Crippen LogP contribution is 2.22. The van der Waals surface area contributed by atoms with E-state index in [0.29, 0.717) is 19.7 Å². The second-order valence-electron chi connectivity index (χ2n) is 3.96. The molecular formula is C12H16ClFN2O2. The number of hydrogen-bond acceptors (Lipinski definition) is 3. The first-order chi connectivity index (χ1) is 8.20. The summed E-state index contributed by atoms with van der Waals surface area (Å²) in [6.45, 7) is 1.42. The molecule has 1 saturated heterocycles. The molecule has 100 valence electrons. The van der Waals surface area contributed by atoms with Crippen LogP contribution in [-0.4, -0.2) is 37.0 Å². The van der Waals surface area contributed by atoms with Crippen molar-refractivity contribution < 1.29 is 13.9 Å². The molecule has 1 aromatic rings. The number of rotatable bonds is 2. The lowest BCUT2D eigenvalue weighted by atomic mass is 10.1. The Hall–Kier alpha value is -1.17. The molecule has 2 rings (SSSR count). The molecule has 1 fully saturated rings. The van der Waals surface area contributed by atoms with Gasteiger partial charge in [0.1, 0.15) is 11.9 Å². The second-order valence-corrected chi connectivity index (χ2v) is 3.96. The van der Waals surface area contributed by atoms with Crippen molar-refractivity contribution >= 4 is 18.3 Å². The van der Waals surface area contributed by atoms with E-state index in [2.05, 4.69) is 0 Å². The molecule has 0 aliphatic carbocycles. The van der Waals surface area contributed by atoms with Crippen LogP contribution in [0.3, 0.4) is 0 Å². The number of benzene rings is 1. The average molecular weight is 275 g/mol. The first kappa shape index (κ1) is 14.9. The van der Waals surface area contributed by atoms with Gasteiger partial charge < -0.3 is 15.4 Å². The Morgan fingerprint density at radius 2 is 2.33 bits per heavy atom. The van der Waals surface area contributed by atoms with Crippen molar-refractivity contribution in [3.63, 3.8) is 0 Å². The minimum Gasteiger partial charge on any atom is -0.370 e. The summed E-state index contributed by atoms with van der Waals surface area (Å²) in [5, 5.41) is 0. The molecule has 1 aliphatic heterocycles. The van der Waals surface area contributed by atoms with Crippen LogP contribution in [0.15, 0.2) is 24.3 Å². The van der Waals surface area contributed by atoms with E-state index in [9.17, 15) is 9.18 Å². The van der Waals surface area contributed by atoms with Crippen LogP contribution in [0.5, 0.6) is 0 Å². The van der Waals surface area contributed by atoms with E-state index in [4.69, 9.17) is 10.5 Å². The SMILES string of the molecule is Cl.NCC(=O)N1CCOC(c2cccc(F)c2)C1. The van der Waals surface area contributed by atoms with Crippen molar-refractivity contribution in [2.24, 2.45) is 5.73 Å². The number of nitrogens with zero attached hydrogens (tertiary/aromatic N) is 1. The molecule has 4 nitrogen and oxygen atoms in total. The van der Waals surface area contributed by atoms with Crippen LogP contribution in [0, 0.1) is 5.82 Å². The fourth-order valence-corrected chi connectivity index (χ4v) is 1.91. The highest BCUT2D eigenvalue weighted by Gasteiger charge is 2.24. The van der Waals surface area contributed by atoms with Gasteiger partial charge in [0, 0.05) is 6.54 Å². The third-order valence-corrected chi connectivity index (χ3v) is 2.81. The van der Waals surface area contributed by atoms with Gasteiger partial charge in [-0.2, -0.15) is 0 Å². The molecule has 0 radical (unpaired) electrons. The molecule has 0 bridgehead atoms. The molecule has 0 saturated carbocycles. The van der Waals surface area contributed by atoms with Crippen LogP contribution in [0.2, 0.25) is 0 Å². The van der Waals surface area contributed by atoms with Gasteiger partial charge >= 0.3 is 0 Å². The Balaban J connectivity index is 0.00000162. The summed E-state index contributed by atoms with van der Waals surface area (Å²) in [6, 6.07) is 6.25. The lowest BCUT2D eigenvalue weighted by molar-refractivity contribution is -0.137. The number of hydrogen-bond donors (Lipinski definition) is 1. The molecule has 18 heavy (non-hydrogen) atoms. The van der Waals surface area contributed by atoms with Crippen LogP contribution in [0.1, 0.15) is 11.7 Å². The van der Waals surface area contributed by atoms with Crippen molar-refractivity contribution in [2.45, 2.75) is 6.10 Å². The van der Waals surface area contributed by atoms with Gasteiger partial charge in [0.2, 0.25) is 5.91 Å². The minimum atomic E-state index is -0.298. The summed E-state index contributed by atoms with van der Waals surface area (Å²) in [5.41, 5.74) is 6.07. The number of halogens is 2. The normalized spacial score (nSPS) is 19.2. The van der Waals surface area contributed by atoms with Gasteiger partial charge in [0.25, 0.3) is 0 Å². The zero-order valence-electron chi connectivity index (χ0n) is 9.84. The van der Waals surface area contributed by atoms with Gasteiger partial charge in [-0.3, -0.25) is 4.79 Å². The Kier molecular flexibility index (Phi) is 5.53. The third kappa shape index (κ3) is 3.41. The highest BCUT2D eigenvalue weighted by atomic mass is 35.5. The zero-order valence-corrected chi connectivity index (χ0v) is 10.7. The summed E-state index contributed by atoms with van der Waals surface area (Å²) in [5.74, 6) is -0.400. The number of carbonyl (C=O) groups excluding carboxylic acids is 1. The monoisotopic (exact) mass is 274 g/mol. The lowest BCUT2D eigenvalue weighted by Gasteiger charge is -2.33. The van der Waals surface area contributed by atoms with Crippen molar-refractivity contribution in [3.05, 3.63) is 35.6 Å². The summed E-state index contributed by atoms with van der Waals surface area (Å²) < 4.78 is 18.6. The van der Waals surface area contributed by atoms with Crippen molar-refractivity contribution in [3.8, 4) is 0 Å². The number of morpholine rings is 1. The third-order valence-electron chi connectivity index (χ3n) is 2.81. The Morgan fingerprint density at radius 3 is 3.00 bits per heavy atom. The van der Waals surface area contributed by atoms with E-state index < -0.39 is 0 Å². The highest BCUT2D eigenvalue weighted by molar-refractivity contribution is 5.85. The van der Waals surface area contributed by atoms with Gasteiger partial charge in [0.15, 0.2) is 0 Å². The van der Waals surface area contributed by atoms with Crippen molar-refractivity contribution in [1.82, 2.24) is 4.90 Å². The Morgan fingerprint density at radius 1 is 1.56 bits per heavy atom. The summed E-state index contributed by atoms with van der Waals surface area (Å²) in [6.07, 6.45) is -0.269. The van der Waals surface area contributed by atoms with Crippen LogP contribution in [-0.2, 0) is 9.53 Å². The summed E-state index contributed by atoms with van der Waals surface area (Å²) >= 11 is 0. The van der Waals surface area contributed by atoms with Crippen molar-refractivity contribution in [1.29, 1.82) is 0 Å². The van der Waals surface area contributed by atoms with E-state index >= 15 is 0 Å². The largest absolute Gasteiger partial charge is 0.370 e. The maximum absolute atomic E-state index is 13.1. The molecule has 1 aromatic carbocycles. The topological polar surface area (TPSA) is 55.6 Å². The zero-order chi connectivity index (χ0) is 12.3. The maximum Gasteiger partial charge on any atom is 0.236 e. The van der Waals surface area contributed by atoms with Crippen LogP contribution in [0.25, 0.3) is 0 Å². The van der Waals surface area contributed by atoms with E-state index in [1.165, 1.54) is 12.1 Å². The lowest BCUT2D eigenvalue weighted by Crippen LogP contribution is -2.44. The molecule has 1 aliphatic rings. The molecule has 1 unspecified atom stereocenters. The number of nitrogens with two attached hydrogens (primary N) is 1. The predicted octanol–water partition coefficient (Wildman–Crippen LogP) is 1.11. The van der Waals surface area contributed by atoms with E-state index in [0.717, 1.165) is 5.56 Å². The number of ether oxygens (including phenoxy) is 1. The molecule has 0 aromatic heterocycles. The molecule has 6 heteroatoms. The second kappa shape index (κ2) is 6.68. The molecular weight excluding hydrogens is 259 g/mol. The first-order valence-electron chi connectivity index (χ1n) is 5.55. The molecule has 0 spiro atoms. The minimum absolute atomic E-state index is 0. The van der Waals surface area contributed by atoms with E-state index in [1.807, 2.05) is 0 Å². The molecule has 1 heterocycles. The van der Waals surface area contributed by atoms with Gasteiger partial charge in [-0.25, -0.2) is 4.39 Å². The summed E-state index contributed by atoms with van der Waals surface area (Å²) in [4.78, 5) is 13.1. The first-order valence-corrected chi connectivity index (χ1v) is 5.55. The fourth-order valence-electron chi connectivity index (χ4n) is 1.91. The van der Waals surface area contributed by atoms with Crippen LogP contribution < -0.4 is 5.73 Å². The van der Waals surface area contributed by atoms with Gasteiger partial charge in [-0.1, -0.05) is 12.1 Å². The quantitative estimate of drug-likeness (QED) is 0.879. The molecule has 1 amide bonds. The van der Waals surface area contributed by atoms with Gasteiger partial charge in [0.05, 0.1) is 19.7 Å². The smallest absolute Gasteiger partial charge is 0.236 e.